The first-order valence-corrected chi connectivity index (χ1v) is 10.4. The van der Waals surface area contributed by atoms with Crippen LogP contribution in [0.5, 0.6) is 5.75 Å². The van der Waals surface area contributed by atoms with E-state index in [-0.39, 0.29) is 23.1 Å². The van der Waals surface area contributed by atoms with Crippen LogP contribution >= 0.6 is 44.1 Å². The lowest BCUT2D eigenvalue weighted by atomic mass is 10.1. The van der Waals surface area contributed by atoms with E-state index in [0.717, 1.165) is 0 Å². The number of hydrogen-bond acceptors (Lipinski definition) is 4. The minimum Gasteiger partial charge on any atom is -0.486 e. The van der Waals surface area contributed by atoms with Crippen LogP contribution in [0.15, 0.2) is 50.9 Å². The third kappa shape index (κ3) is 4.41. The molecule has 0 spiro atoms. The third-order valence-corrected chi connectivity index (χ3v) is 6.03. The number of amides is 2. The molecule has 0 N–H and O–H groups in total. The summed E-state index contributed by atoms with van der Waals surface area (Å²) in [6, 6.07) is 9.79. The van der Waals surface area contributed by atoms with E-state index in [4.69, 9.17) is 17.0 Å². The number of carbonyl (C=O) groups is 2. The fourth-order valence-electron chi connectivity index (χ4n) is 2.71. The van der Waals surface area contributed by atoms with E-state index in [0.29, 0.717) is 25.8 Å². The summed E-state index contributed by atoms with van der Waals surface area (Å²) in [5, 5.41) is 0.149. The lowest BCUT2D eigenvalue weighted by Crippen LogP contribution is -2.52. The van der Waals surface area contributed by atoms with Crippen molar-refractivity contribution in [2.45, 2.75) is 6.61 Å². The van der Waals surface area contributed by atoms with Gasteiger partial charge in [0.25, 0.3) is 11.8 Å². The molecule has 1 aliphatic rings. The first-order chi connectivity index (χ1) is 13.7. The second-order valence-corrected chi connectivity index (χ2v) is 8.34. The van der Waals surface area contributed by atoms with Gasteiger partial charge in [-0.3, -0.25) is 19.4 Å². The molecule has 9 heteroatoms. The van der Waals surface area contributed by atoms with Crippen LogP contribution in [-0.4, -0.2) is 40.8 Å². The number of hydrogen-bond donors (Lipinski definition) is 0. The van der Waals surface area contributed by atoms with Crippen molar-refractivity contribution in [3.05, 3.63) is 67.9 Å². The largest absolute Gasteiger partial charge is 0.486 e. The van der Waals surface area contributed by atoms with E-state index >= 15 is 0 Å². The van der Waals surface area contributed by atoms with Crippen LogP contribution in [0.25, 0.3) is 6.08 Å². The number of carbonyl (C=O) groups excluding carboxylic acids is 2. The molecular formula is C20H15Br2FN2O3S. The average molecular weight is 542 g/mol. The van der Waals surface area contributed by atoms with Crippen LogP contribution in [0.2, 0.25) is 0 Å². The minimum absolute atomic E-state index is 0.00225. The fraction of sp³-hybridized carbons (Fsp3) is 0.150. The number of rotatable bonds is 4. The molecule has 150 valence electrons. The summed E-state index contributed by atoms with van der Waals surface area (Å²) < 4.78 is 20.7. The molecule has 0 aromatic heterocycles. The molecule has 0 unspecified atom stereocenters. The smallest absolute Gasteiger partial charge is 0.265 e. The lowest BCUT2D eigenvalue weighted by Gasteiger charge is -2.31. The normalized spacial score (nSPS) is 14.5. The SMILES string of the molecule is CN1C(=O)C(=Cc2cc(Br)c(OCc3ccccc3F)c(Br)c2)C(=O)N(C)C1=S. The summed E-state index contributed by atoms with van der Waals surface area (Å²) in [7, 11) is 3.04. The summed E-state index contributed by atoms with van der Waals surface area (Å²) in [6.45, 7) is 0.0499. The Labute approximate surface area is 189 Å². The molecule has 2 amide bonds. The monoisotopic (exact) mass is 540 g/mol. The Bertz CT molecular complexity index is 1010. The Morgan fingerprint density at radius 2 is 1.62 bits per heavy atom. The zero-order valence-corrected chi connectivity index (χ0v) is 19.4. The van der Waals surface area contributed by atoms with Crippen LogP contribution in [0.1, 0.15) is 11.1 Å². The van der Waals surface area contributed by atoms with Crippen LogP contribution in [-0.2, 0) is 16.2 Å². The van der Waals surface area contributed by atoms with Crippen molar-refractivity contribution in [2.75, 3.05) is 14.1 Å². The van der Waals surface area contributed by atoms with Gasteiger partial charge in [-0.05, 0) is 73.9 Å². The van der Waals surface area contributed by atoms with Crippen molar-refractivity contribution in [3.63, 3.8) is 0 Å². The number of ether oxygens (including phenoxy) is 1. The highest BCUT2D eigenvalue weighted by Gasteiger charge is 2.35. The minimum atomic E-state index is -0.467. The molecule has 1 heterocycles. The quantitative estimate of drug-likeness (QED) is 0.324. The molecule has 3 rings (SSSR count). The van der Waals surface area contributed by atoms with E-state index in [2.05, 4.69) is 31.9 Å². The van der Waals surface area contributed by atoms with Crippen molar-refractivity contribution < 1.29 is 18.7 Å². The Morgan fingerprint density at radius 1 is 1.07 bits per heavy atom. The summed E-state index contributed by atoms with van der Waals surface area (Å²) in [6.07, 6.45) is 1.50. The van der Waals surface area contributed by atoms with Crippen LogP contribution in [0, 0.1) is 5.82 Å². The standard InChI is InChI=1S/C20H15Br2FN2O3S/c1-24-18(26)13(19(27)25(2)20(24)29)7-11-8-14(21)17(15(22)9-11)28-10-12-5-3-4-6-16(12)23/h3-9H,10H2,1-2H3. The highest BCUT2D eigenvalue weighted by Crippen LogP contribution is 2.36. The first kappa shape index (κ1) is 21.6. The van der Waals surface area contributed by atoms with Gasteiger partial charge in [0.15, 0.2) is 5.11 Å². The van der Waals surface area contributed by atoms with Gasteiger partial charge in [0, 0.05) is 19.7 Å². The number of likely N-dealkylation sites (N-methyl/N-ethyl adjacent to an activating group) is 2. The molecule has 0 aliphatic carbocycles. The molecule has 2 aromatic carbocycles. The van der Waals surface area contributed by atoms with Gasteiger partial charge >= 0.3 is 0 Å². The number of nitrogens with zero attached hydrogens (tertiary/aromatic N) is 2. The van der Waals surface area contributed by atoms with Gasteiger partial charge in [0.1, 0.15) is 23.7 Å². The number of benzene rings is 2. The Morgan fingerprint density at radius 3 is 2.17 bits per heavy atom. The topological polar surface area (TPSA) is 49.9 Å². The van der Waals surface area contributed by atoms with Gasteiger partial charge in [-0.2, -0.15) is 0 Å². The maximum Gasteiger partial charge on any atom is 0.265 e. The zero-order valence-electron chi connectivity index (χ0n) is 15.4. The fourth-order valence-corrected chi connectivity index (χ4v) is 4.32. The van der Waals surface area contributed by atoms with Gasteiger partial charge in [-0.25, -0.2) is 4.39 Å². The van der Waals surface area contributed by atoms with Crippen LogP contribution < -0.4 is 4.74 Å². The van der Waals surface area contributed by atoms with Gasteiger partial charge in [-0.1, -0.05) is 18.2 Å². The molecule has 29 heavy (non-hydrogen) atoms. The molecule has 1 fully saturated rings. The molecule has 1 aliphatic heterocycles. The first-order valence-electron chi connectivity index (χ1n) is 8.37. The van der Waals surface area contributed by atoms with Gasteiger partial charge < -0.3 is 4.74 Å². The highest BCUT2D eigenvalue weighted by atomic mass is 79.9. The summed E-state index contributed by atoms with van der Waals surface area (Å²) in [5.41, 5.74) is 1.04. The molecule has 0 bridgehead atoms. The molecular weight excluding hydrogens is 527 g/mol. The highest BCUT2D eigenvalue weighted by molar-refractivity contribution is 9.11. The summed E-state index contributed by atoms with van der Waals surface area (Å²) in [5.74, 6) is -0.802. The Kier molecular flexibility index (Phi) is 6.50. The van der Waals surface area contributed by atoms with Crippen LogP contribution in [0.3, 0.4) is 0 Å². The van der Waals surface area contributed by atoms with E-state index in [1.54, 1.807) is 30.3 Å². The lowest BCUT2D eigenvalue weighted by molar-refractivity contribution is -0.132. The Hall–Kier alpha value is -2.10. The second-order valence-electron chi connectivity index (χ2n) is 6.26. The average Bonchev–Trinajstić information content (AvgIpc) is 2.69. The molecule has 0 radical (unpaired) electrons. The van der Waals surface area contributed by atoms with Crippen molar-refractivity contribution in [2.24, 2.45) is 0 Å². The van der Waals surface area contributed by atoms with Gasteiger partial charge in [-0.15, -0.1) is 0 Å². The molecule has 1 saturated heterocycles. The predicted molar refractivity (Wildman–Crippen MR) is 119 cm³/mol. The van der Waals surface area contributed by atoms with Crippen molar-refractivity contribution in [3.8, 4) is 5.75 Å². The number of halogens is 3. The molecule has 2 aromatic rings. The van der Waals surface area contributed by atoms with Crippen molar-refractivity contribution >= 4 is 67.1 Å². The summed E-state index contributed by atoms with van der Waals surface area (Å²) >= 11 is 11.9. The zero-order chi connectivity index (χ0) is 21.3. The molecule has 5 nitrogen and oxygen atoms in total. The summed E-state index contributed by atoms with van der Waals surface area (Å²) in [4.78, 5) is 27.4. The maximum atomic E-state index is 13.8. The van der Waals surface area contributed by atoms with Gasteiger partial charge in [0.2, 0.25) is 0 Å². The second kappa shape index (κ2) is 8.73. The van der Waals surface area contributed by atoms with Crippen LogP contribution in [0.4, 0.5) is 4.39 Å². The van der Waals surface area contributed by atoms with Crippen molar-refractivity contribution in [1.82, 2.24) is 9.80 Å². The van der Waals surface area contributed by atoms with Gasteiger partial charge in [0.05, 0.1) is 8.95 Å². The van der Waals surface area contributed by atoms with E-state index in [1.165, 1.54) is 36.0 Å². The van der Waals surface area contributed by atoms with E-state index in [9.17, 15) is 14.0 Å². The Balaban J connectivity index is 1.88. The number of thiocarbonyl (C=S) groups is 1. The van der Waals surface area contributed by atoms with Crippen molar-refractivity contribution in [1.29, 1.82) is 0 Å². The molecule has 0 atom stereocenters. The predicted octanol–water partition coefficient (Wildman–Crippen LogP) is 4.53. The van der Waals surface area contributed by atoms with E-state index < -0.39 is 11.8 Å². The third-order valence-electron chi connectivity index (χ3n) is 4.31. The van der Waals surface area contributed by atoms with E-state index in [1.807, 2.05) is 0 Å². The maximum absolute atomic E-state index is 13.8. The molecule has 0 saturated carbocycles.